The highest BCUT2D eigenvalue weighted by Gasteiger charge is 2.22. The monoisotopic (exact) mass is 461 g/mol. The maximum Gasteiger partial charge on any atom is 0.257 e. The molecule has 0 radical (unpaired) electrons. The molecule has 3 amide bonds. The number of nitrogens with one attached hydrogen (secondary N) is 2. The van der Waals surface area contributed by atoms with Crippen molar-refractivity contribution in [1.29, 1.82) is 0 Å². The molecule has 10 heteroatoms. The van der Waals surface area contributed by atoms with Gasteiger partial charge in [-0.05, 0) is 44.9 Å². The molecule has 0 saturated heterocycles. The van der Waals surface area contributed by atoms with Gasteiger partial charge in [-0.25, -0.2) is 0 Å². The molecule has 0 spiro atoms. The lowest BCUT2D eigenvalue weighted by Crippen LogP contribution is -2.45. The molecule has 1 aromatic heterocycles. The van der Waals surface area contributed by atoms with Gasteiger partial charge in [0.2, 0.25) is 5.91 Å². The largest absolute Gasteiger partial charge is 0.491 e. The smallest absolute Gasteiger partial charge is 0.257 e. The second-order valence-corrected chi connectivity index (χ2v) is 8.13. The Hall–Kier alpha value is -3.07. The van der Waals surface area contributed by atoms with Gasteiger partial charge in [-0.3, -0.25) is 19.1 Å². The van der Waals surface area contributed by atoms with Crippen molar-refractivity contribution in [2.75, 3.05) is 26.2 Å². The molecule has 1 atom stereocenters. The zero-order valence-corrected chi connectivity index (χ0v) is 19.0. The number of rotatable bonds is 2. The molecule has 0 aliphatic carbocycles. The van der Waals surface area contributed by atoms with Gasteiger partial charge in [0.15, 0.2) is 0 Å². The molecular weight excluding hydrogens is 434 g/mol. The normalized spacial score (nSPS) is 18.5. The van der Waals surface area contributed by atoms with Crippen molar-refractivity contribution >= 4 is 29.3 Å². The zero-order chi connectivity index (χ0) is 23.1. The fraction of sp³-hybridized carbons (Fsp3) is 0.455. The Kier molecular flexibility index (Phi) is 8.10. The third-order valence-electron chi connectivity index (χ3n) is 5.05. The molecule has 2 N–H and O–H groups in total. The Balaban J connectivity index is 1.74. The first-order valence-electron chi connectivity index (χ1n) is 10.7. The van der Waals surface area contributed by atoms with Crippen LogP contribution in [0.25, 0.3) is 0 Å². The Morgan fingerprint density at radius 2 is 2.12 bits per heavy atom. The van der Waals surface area contributed by atoms with Gasteiger partial charge in [0, 0.05) is 30.9 Å². The number of carbonyl (C=O) groups excluding carboxylic acids is 3. The van der Waals surface area contributed by atoms with Crippen LogP contribution in [0.4, 0.5) is 0 Å². The first-order valence-corrected chi connectivity index (χ1v) is 11.1. The van der Waals surface area contributed by atoms with E-state index in [0.717, 1.165) is 0 Å². The fourth-order valence-electron chi connectivity index (χ4n) is 3.36. The van der Waals surface area contributed by atoms with Gasteiger partial charge < -0.3 is 20.3 Å². The van der Waals surface area contributed by atoms with Gasteiger partial charge in [0.05, 0.1) is 29.9 Å². The molecule has 0 unspecified atom stereocenters. The second-order valence-electron chi connectivity index (χ2n) is 7.69. The average molecular weight is 462 g/mol. The number of carbonyl (C=O) groups is 3. The number of hydrogen-bond acceptors (Lipinski definition) is 5. The van der Waals surface area contributed by atoms with Gasteiger partial charge in [-0.1, -0.05) is 11.6 Å². The summed E-state index contributed by atoms with van der Waals surface area (Å²) in [6, 6.07) is 4.51. The van der Waals surface area contributed by atoms with Crippen molar-refractivity contribution in [3.05, 3.63) is 46.7 Å². The van der Waals surface area contributed by atoms with E-state index in [1.165, 1.54) is 11.1 Å². The van der Waals surface area contributed by atoms with Crippen LogP contribution in [-0.2, 0) is 11.3 Å². The van der Waals surface area contributed by atoms with Crippen LogP contribution in [-0.4, -0.2) is 64.7 Å². The highest BCUT2D eigenvalue weighted by molar-refractivity contribution is 6.31. The van der Waals surface area contributed by atoms with E-state index in [1.54, 1.807) is 36.0 Å². The van der Waals surface area contributed by atoms with E-state index < -0.39 is 0 Å². The quantitative estimate of drug-likeness (QED) is 0.712. The van der Waals surface area contributed by atoms with Gasteiger partial charge in [0.1, 0.15) is 12.4 Å². The predicted octanol–water partition coefficient (Wildman–Crippen LogP) is 2.11. The first kappa shape index (κ1) is 23.6. The average Bonchev–Trinajstić information content (AvgIpc) is 3.25. The van der Waals surface area contributed by atoms with Crippen molar-refractivity contribution in [2.45, 2.75) is 39.3 Å². The molecule has 0 fully saturated rings. The lowest BCUT2D eigenvalue weighted by atomic mass is 10.1. The summed E-state index contributed by atoms with van der Waals surface area (Å²) >= 11 is 6.06. The molecule has 1 aliphatic rings. The Morgan fingerprint density at radius 3 is 2.88 bits per heavy atom. The Labute approximate surface area is 192 Å². The van der Waals surface area contributed by atoms with E-state index in [1.807, 2.05) is 6.92 Å². The number of aryl methyl sites for hydroxylation is 1. The van der Waals surface area contributed by atoms with Crippen molar-refractivity contribution in [2.24, 2.45) is 0 Å². The maximum atomic E-state index is 13.0. The van der Waals surface area contributed by atoms with E-state index >= 15 is 0 Å². The number of hydrogen-bond donors (Lipinski definition) is 2. The van der Waals surface area contributed by atoms with E-state index in [4.69, 9.17) is 16.3 Å². The number of nitrogens with zero attached hydrogens (tertiary/aromatic N) is 3. The molecule has 1 aliphatic heterocycles. The fourth-order valence-corrected chi connectivity index (χ4v) is 3.53. The first-order chi connectivity index (χ1) is 15.4. The lowest BCUT2D eigenvalue weighted by molar-refractivity contribution is -0.122. The van der Waals surface area contributed by atoms with E-state index in [-0.39, 0.29) is 36.9 Å². The summed E-state index contributed by atoms with van der Waals surface area (Å²) in [5.41, 5.74) is 0.783. The van der Waals surface area contributed by atoms with Crippen LogP contribution in [0.2, 0.25) is 5.02 Å². The van der Waals surface area contributed by atoms with Crippen LogP contribution in [0, 0.1) is 0 Å². The minimum absolute atomic E-state index is 0.0704. The van der Waals surface area contributed by atoms with Crippen LogP contribution < -0.4 is 15.4 Å². The third-order valence-corrected chi connectivity index (χ3v) is 5.28. The standard InChI is InChI=1S/C22H28ClN5O4/c1-3-28-12-16(11-25-28)22(31)27-9-5-4-8-24-21(30)18-10-17(23)6-7-19(18)32-14-15(2)26-20(29)13-27/h6-7,10-12,15H,3-5,8-9,13-14H2,1-2H3,(H,24,30)(H,26,29)/t15-/m0/s1. The van der Waals surface area contributed by atoms with Gasteiger partial charge in [-0.2, -0.15) is 5.10 Å². The van der Waals surface area contributed by atoms with Gasteiger partial charge >= 0.3 is 0 Å². The molecule has 9 nitrogen and oxygen atoms in total. The predicted molar refractivity (Wildman–Crippen MR) is 120 cm³/mol. The van der Waals surface area contributed by atoms with Crippen LogP contribution in [0.5, 0.6) is 5.75 Å². The molecule has 2 heterocycles. The van der Waals surface area contributed by atoms with Crippen LogP contribution in [0.3, 0.4) is 0 Å². The summed E-state index contributed by atoms with van der Waals surface area (Å²) in [5.74, 6) is -0.418. The van der Waals surface area contributed by atoms with Crippen LogP contribution in [0.1, 0.15) is 47.4 Å². The second kappa shape index (κ2) is 11.0. The minimum Gasteiger partial charge on any atom is -0.491 e. The number of halogens is 1. The number of fused-ring (bicyclic) bond motifs is 1. The molecule has 2 aromatic rings. The summed E-state index contributed by atoms with van der Waals surface area (Å²) in [7, 11) is 0. The summed E-state index contributed by atoms with van der Waals surface area (Å²) in [6.07, 6.45) is 4.45. The molecule has 172 valence electrons. The highest BCUT2D eigenvalue weighted by atomic mass is 35.5. The van der Waals surface area contributed by atoms with E-state index in [0.29, 0.717) is 54.4 Å². The molecule has 1 aromatic carbocycles. The van der Waals surface area contributed by atoms with Crippen molar-refractivity contribution in [3.63, 3.8) is 0 Å². The Bertz CT molecular complexity index is 977. The number of aromatic nitrogens is 2. The number of amides is 3. The van der Waals surface area contributed by atoms with E-state index in [9.17, 15) is 14.4 Å². The zero-order valence-electron chi connectivity index (χ0n) is 18.3. The number of benzene rings is 1. The summed E-state index contributed by atoms with van der Waals surface area (Å²) in [4.78, 5) is 39.7. The SMILES string of the molecule is CCn1cc(C(=O)N2CCCCNC(=O)c3cc(Cl)ccc3OC[C@H](C)NC(=O)C2)cn1. The van der Waals surface area contributed by atoms with Crippen LogP contribution in [0.15, 0.2) is 30.6 Å². The lowest BCUT2D eigenvalue weighted by Gasteiger charge is -2.23. The van der Waals surface area contributed by atoms with Crippen LogP contribution >= 0.6 is 11.6 Å². The van der Waals surface area contributed by atoms with Crippen molar-refractivity contribution < 1.29 is 19.1 Å². The molecule has 32 heavy (non-hydrogen) atoms. The molecule has 0 saturated carbocycles. The third kappa shape index (κ3) is 6.23. The molecule has 0 bridgehead atoms. The van der Waals surface area contributed by atoms with Crippen molar-refractivity contribution in [1.82, 2.24) is 25.3 Å². The maximum absolute atomic E-state index is 13.0. The molecular formula is C22H28ClN5O4. The summed E-state index contributed by atoms with van der Waals surface area (Å²) in [6.45, 7) is 5.27. The topological polar surface area (TPSA) is 106 Å². The van der Waals surface area contributed by atoms with Gasteiger partial charge in [0.25, 0.3) is 11.8 Å². The van der Waals surface area contributed by atoms with Crippen molar-refractivity contribution in [3.8, 4) is 5.75 Å². The van der Waals surface area contributed by atoms with Gasteiger partial charge in [-0.15, -0.1) is 0 Å². The van der Waals surface area contributed by atoms with E-state index in [2.05, 4.69) is 15.7 Å². The summed E-state index contributed by atoms with van der Waals surface area (Å²) in [5, 5.41) is 10.3. The highest BCUT2D eigenvalue weighted by Crippen LogP contribution is 2.23. The Morgan fingerprint density at radius 1 is 1.31 bits per heavy atom. The number of ether oxygens (including phenoxy) is 1. The minimum atomic E-state index is -0.334. The molecule has 3 rings (SSSR count). The summed E-state index contributed by atoms with van der Waals surface area (Å²) < 4.78 is 7.45.